The van der Waals surface area contributed by atoms with Crippen molar-refractivity contribution < 1.29 is 27.9 Å². The fourth-order valence-electron chi connectivity index (χ4n) is 3.55. The fourth-order valence-corrected chi connectivity index (χ4v) is 3.85. The first-order valence-electron chi connectivity index (χ1n) is 7.95. The lowest BCUT2D eigenvalue weighted by Crippen LogP contribution is -2.38. The maximum absolute atomic E-state index is 13.0. The SMILES string of the molecule is C[C@@H]1CN(C(=O)C2(c3cc(C(F)(F)F)ccc3Cl)CC2)C[C@H]1C(=O)O. The maximum atomic E-state index is 13.0. The van der Waals surface area contributed by atoms with Gasteiger partial charge >= 0.3 is 12.1 Å². The number of halogens is 4. The van der Waals surface area contributed by atoms with Crippen LogP contribution in [0.4, 0.5) is 13.2 Å². The molecule has 0 aromatic heterocycles. The topological polar surface area (TPSA) is 57.6 Å². The van der Waals surface area contributed by atoms with Crippen molar-refractivity contribution in [1.82, 2.24) is 4.90 Å². The van der Waals surface area contributed by atoms with Crippen molar-refractivity contribution in [3.05, 3.63) is 34.3 Å². The smallest absolute Gasteiger partial charge is 0.416 e. The molecule has 136 valence electrons. The Balaban J connectivity index is 1.91. The number of carbonyl (C=O) groups is 2. The molecule has 1 aliphatic heterocycles. The van der Waals surface area contributed by atoms with Crippen molar-refractivity contribution >= 4 is 23.5 Å². The minimum Gasteiger partial charge on any atom is -0.481 e. The van der Waals surface area contributed by atoms with Crippen molar-refractivity contribution in [2.24, 2.45) is 11.8 Å². The summed E-state index contributed by atoms with van der Waals surface area (Å²) in [6.07, 6.45) is -3.69. The van der Waals surface area contributed by atoms with E-state index in [1.165, 1.54) is 11.0 Å². The van der Waals surface area contributed by atoms with Gasteiger partial charge in [0.15, 0.2) is 0 Å². The van der Waals surface area contributed by atoms with Crippen LogP contribution in [0.3, 0.4) is 0 Å². The number of carboxylic acids is 1. The van der Waals surface area contributed by atoms with Gasteiger partial charge in [0.1, 0.15) is 0 Å². The number of nitrogens with zero attached hydrogens (tertiary/aromatic N) is 1. The first-order valence-corrected chi connectivity index (χ1v) is 8.33. The molecule has 0 unspecified atom stereocenters. The van der Waals surface area contributed by atoms with Gasteiger partial charge in [0.25, 0.3) is 0 Å². The molecule has 3 rings (SSSR count). The van der Waals surface area contributed by atoms with E-state index in [1.54, 1.807) is 6.92 Å². The van der Waals surface area contributed by atoms with Gasteiger partial charge in [-0.15, -0.1) is 0 Å². The third-order valence-electron chi connectivity index (χ3n) is 5.19. The number of likely N-dealkylation sites (tertiary alicyclic amines) is 1. The molecule has 1 aliphatic carbocycles. The summed E-state index contributed by atoms with van der Waals surface area (Å²) in [6, 6.07) is 3.01. The summed E-state index contributed by atoms with van der Waals surface area (Å²) in [5.41, 5.74) is -1.73. The van der Waals surface area contributed by atoms with E-state index < -0.39 is 29.0 Å². The Hall–Kier alpha value is -1.76. The molecular formula is C17H17ClF3NO3. The second-order valence-electron chi connectivity index (χ2n) is 6.91. The highest BCUT2D eigenvalue weighted by Crippen LogP contribution is 2.53. The number of carboxylic acid groups (broad SMARTS) is 1. The van der Waals surface area contributed by atoms with Crippen molar-refractivity contribution in [2.45, 2.75) is 31.4 Å². The van der Waals surface area contributed by atoms with E-state index in [1.807, 2.05) is 0 Å². The standard InChI is InChI=1S/C17H17ClF3NO3/c1-9-7-22(8-11(9)14(23)24)15(25)16(4-5-16)12-6-10(17(19,20)21)2-3-13(12)18/h2-3,6,9,11H,4-5,7-8H2,1H3,(H,23,24)/t9-,11-/m1/s1. The summed E-state index contributed by atoms with van der Waals surface area (Å²) < 4.78 is 39.0. The Bertz CT molecular complexity index is 730. The van der Waals surface area contributed by atoms with Crippen LogP contribution >= 0.6 is 11.6 Å². The van der Waals surface area contributed by atoms with Crippen LogP contribution in [0.15, 0.2) is 18.2 Å². The number of aliphatic carboxylic acids is 1. The molecule has 2 fully saturated rings. The third kappa shape index (κ3) is 3.10. The Labute approximate surface area is 147 Å². The van der Waals surface area contributed by atoms with Gasteiger partial charge in [-0.2, -0.15) is 13.2 Å². The van der Waals surface area contributed by atoms with Gasteiger partial charge in [0.2, 0.25) is 5.91 Å². The first kappa shape index (κ1) is 18.0. The van der Waals surface area contributed by atoms with Crippen molar-refractivity contribution in [1.29, 1.82) is 0 Å². The van der Waals surface area contributed by atoms with Crippen molar-refractivity contribution in [3.8, 4) is 0 Å². The second-order valence-corrected chi connectivity index (χ2v) is 7.31. The van der Waals surface area contributed by atoms with Crippen molar-refractivity contribution in [2.75, 3.05) is 13.1 Å². The van der Waals surface area contributed by atoms with Crippen LogP contribution in [0.5, 0.6) is 0 Å². The predicted octanol–water partition coefficient (Wildman–Crippen LogP) is 3.57. The predicted molar refractivity (Wildman–Crippen MR) is 84.2 cm³/mol. The van der Waals surface area contributed by atoms with Gasteiger partial charge < -0.3 is 10.0 Å². The van der Waals surface area contributed by atoms with Crippen LogP contribution in [0, 0.1) is 11.8 Å². The summed E-state index contributed by atoms with van der Waals surface area (Å²) in [6.45, 7) is 2.12. The highest BCUT2D eigenvalue weighted by Gasteiger charge is 2.56. The molecule has 1 saturated carbocycles. The summed E-state index contributed by atoms with van der Waals surface area (Å²) in [7, 11) is 0. The molecule has 0 spiro atoms. The Kier molecular flexibility index (Phi) is 4.26. The molecule has 1 N–H and O–H groups in total. The molecule has 1 aromatic rings. The Morgan fingerprint density at radius 1 is 1.28 bits per heavy atom. The van der Waals surface area contributed by atoms with Crippen LogP contribution in [0.25, 0.3) is 0 Å². The molecule has 1 aromatic carbocycles. The van der Waals surface area contributed by atoms with E-state index in [0.717, 1.165) is 12.1 Å². The van der Waals surface area contributed by atoms with E-state index in [4.69, 9.17) is 11.6 Å². The van der Waals surface area contributed by atoms with Gasteiger partial charge in [0.05, 0.1) is 16.9 Å². The van der Waals surface area contributed by atoms with Crippen LogP contribution < -0.4 is 0 Å². The van der Waals surface area contributed by atoms with E-state index in [9.17, 15) is 27.9 Å². The van der Waals surface area contributed by atoms with Crippen molar-refractivity contribution in [3.63, 3.8) is 0 Å². The van der Waals surface area contributed by atoms with E-state index >= 15 is 0 Å². The Morgan fingerprint density at radius 3 is 2.40 bits per heavy atom. The molecule has 1 heterocycles. The monoisotopic (exact) mass is 375 g/mol. The zero-order valence-corrected chi connectivity index (χ0v) is 14.2. The summed E-state index contributed by atoms with van der Waals surface area (Å²) in [5, 5.41) is 9.33. The van der Waals surface area contributed by atoms with Crippen LogP contribution in [0.2, 0.25) is 5.02 Å². The number of alkyl halides is 3. The van der Waals surface area contributed by atoms with Crippen LogP contribution in [-0.4, -0.2) is 35.0 Å². The molecule has 1 amide bonds. The van der Waals surface area contributed by atoms with Crippen LogP contribution in [-0.2, 0) is 21.2 Å². The zero-order valence-electron chi connectivity index (χ0n) is 13.4. The number of hydrogen-bond donors (Lipinski definition) is 1. The summed E-state index contributed by atoms with van der Waals surface area (Å²) in [5.74, 6) is -2.15. The fraction of sp³-hybridized carbons (Fsp3) is 0.529. The zero-order chi connectivity index (χ0) is 18.6. The first-order chi connectivity index (χ1) is 11.6. The largest absolute Gasteiger partial charge is 0.481 e. The molecule has 2 aliphatic rings. The lowest BCUT2D eigenvalue weighted by atomic mass is 9.92. The minimum absolute atomic E-state index is 0.0770. The van der Waals surface area contributed by atoms with E-state index in [0.29, 0.717) is 12.8 Å². The van der Waals surface area contributed by atoms with E-state index in [-0.39, 0.29) is 35.5 Å². The molecule has 4 nitrogen and oxygen atoms in total. The Morgan fingerprint density at radius 2 is 1.92 bits per heavy atom. The molecule has 0 bridgehead atoms. The minimum atomic E-state index is -4.52. The number of rotatable bonds is 3. The van der Waals surface area contributed by atoms with E-state index in [2.05, 4.69) is 0 Å². The van der Waals surface area contributed by atoms with Gasteiger partial charge in [-0.1, -0.05) is 18.5 Å². The lowest BCUT2D eigenvalue weighted by molar-refractivity contribution is -0.142. The second kappa shape index (κ2) is 5.90. The molecule has 1 saturated heterocycles. The molecule has 25 heavy (non-hydrogen) atoms. The highest BCUT2D eigenvalue weighted by atomic mass is 35.5. The average Bonchev–Trinajstić information content (AvgIpc) is 3.22. The number of hydrogen-bond acceptors (Lipinski definition) is 2. The number of carbonyl (C=O) groups excluding carboxylic acids is 1. The average molecular weight is 376 g/mol. The lowest BCUT2D eigenvalue weighted by Gasteiger charge is -2.25. The van der Waals surface area contributed by atoms with Crippen LogP contribution in [0.1, 0.15) is 30.9 Å². The summed E-state index contributed by atoms with van der Waals surface area (Å²) >= 11 is 6.10. The molecular weight excluding hydrogens is 359 g/mol. The molecule has 0 radical (unpaired) electrons. The number of amides is 1. The molecule has 2 atom stereocenters. The van der Waals surface area contributed by atoms with Gasteiger partial charge in [-0.05, 0) is 42.5 Å². The maximum Gasteiger partial charge on any atom is 0.416 e. The number of benzene rings is 1. The third-order valence-corrected chi connectivity index (χ3v) is 5.51. The van der Waals surface area contributed by atoms with Gasteiger partial charge in [-0.3, -0.25) is 9.59 Å². The van der Waals surface area contributed by atoms with Gasteiger partial charge in [0, 0.05) is 18.1 Å². The highest BCUT2D eigenvalue weighted by molar-refractivity contribution is 6.32. The quantitative estimate of drug-likeness (QED) is 0.878. The summed E-state index contributed by atoms with van der Waals surface area (Å²) in [4.78, 5) is 25.6. The van der Waals surface area contributed by atoms with Gasteiger partial charge in [-0.25, -0.2) is 0 Å². The normalized spacial score (nSPS) is 25.1. The molecule has 8 heteroatoms.